The molecule has 0 fully saturated rings. The number of thiazole rings is 1. The van der Waals surface area contributed by atoms with Gasteiger partial charge in [0.1, 0.15) is 11.1 Å². The Morgan fingerprint density at radius 3 is 2.35 bits per heavy atom. The summed E-state index contributed by atoms with van der Waals surface area (Å²) in [5, 5.41) is 1.07. The fraction of sp³-hybridized carbons (Fsp3) is 0.769. The number of hydrogen-bond donors (Lipinski definition) is 1. The summed E-state index contributed by atoms with van der Waals surface area (Å²) in [4.78, 5) is 5.94. The maximum absolute atomic E-state index is 5.81. The summed E-state index contributed by atoms with van der Waals surface area (Å²) in [7, 11) is 0. The highest BCUT2D eigenvalue weighted by Gasteiger charge is 2.25. The topological polar surface area (TPSA) is 48.1 Å². The molecule has 1 unspecified atom stereocenters. The Labute approximate surface area is 108 Å². The molecular weight excluding hydrogens is 232 g/mol. The first kappa shape index (κ1) is 14.6. The third-order valence-corrected chi connectivity index (χ3v) is 3.79. The van der Waals surface area contributed by atoms with Gasteiger partial charge < -0.3 is 10.5 Å². The molecule has 1 aromatic heterocycles. The third kappa shape index (κ3) is 3.50. The minimum atomic E-state index is 0.0496. The minimum Gasteiger partial charge on any atom is -0.371 e. The van der Waals surface area contributed by atoms with Crippen LogP contribution in [0.4, 0.5) is 0 Å². The van der Waals surface area contributed by atoms with Gasteiger partial charge in [-0.25, -0.2) is 4.98 Å². The van der Waals surface area contributed by atoms with E-state index in [-0.39, 0.29) is 11.5 Å². The van der Waals surface area contributed by atoms with Crippen LogP contribution < -0.4 is 5.73 Å². The molecule has 3 nitrogen and oxygen atoms in total. The van der Waals surface area contributed by atoms with E-state index in [1.165, 1.54) is 4.88 Å². The molecule has 0 radical (unpaired) electrons. The van der Waals surface area contributed by atoms with Crippen molar-refractivity contribution in [3.8, 4) is 0 Å². The van der Waals surface area contributed by atoms with Gasteiger partial charge in [-0.05, 0) is 13.3 Å². The highest BCUT2D eigenvalue weighted by atomic mass is 32.1. The van der Waals surface area contributed by atoms with Crippen LogP contribution in [-0.4, -0.2) is 11.6 Å². The predicted octanol–water partition coefficient (Wildman–Crippen LogP) is 3.39. The molecule has 17 heavy (non-hydrogen) atoms. The molecule has 0 saturated heterocycles. The van der Waals surface area contributed by atoms with Crippen LogP contribution in [0, 0.1) is 0 Å². The summed E-state index contributed by atoms with van der Waals surface area (Å²) >= 11 is 1.70. The van der Waals surface area contributed by atoms with Gasteiger partial charge >= 0.3 is 0 Å². The van der Waals surface area contributed by atoms with Crippen molar-refractivity contribution in [3.05, 3.63) is 15.6 Å². The van der Waals surface area contributed by atoms with E-state index in [0.717, 1.165) is 23.7 Å². The Kier molecular flexibility index (Phi) is 5.10. The molecule has 1 atom stereocenters. The molecule has 0 aromatic carbocycles. The molecule has 0 aliphatic rings. The van der Waals surface area contributed by atoms with Crippen molar-refractivity contribution in [2.45, 2.75) is 59.1 Å². The van der Waals surface area contributed by atoms with Crippen molar-refractivity contribution in [2.24, 2.45) is 5.73 Å². The van der Waals surface area contributed by atoms with E-state index < -0.39 is 0 Å². The van der Waals surface area contributed by atoms with Gasteiger partial charge in [0.2, 0.25) is 0 Å². The number of aromatic nitrogens is 1. The summed E-state index contributed by atoms with van der Waals surface area (Å²) < 4.78 is 5.71. The SMILES string of the molecule is CCOC(CC)c1nc(C(C)(C)C)c(CN)s1. The van der Waals surface area contributed by atoms with Gasteiger partial charge in [0.25, 0.3) is 0 Å². The van der Waals surface area contributed by atoms with Crippen molar-refractivity contribution in [1.82, 2.24) is 4.98 Å². The van der Waals surface area contributed by atoms with E-state index in [9.17, 15) is 0 Å². The summed E-state index contributed by atoms with van der Waals surface area (Å²) in [5.41, 5.74) is 6.98. The molecule has 0 bridgehead atoms. The average molecular weight is 256 g/mol. The maximum atomic E-state index is 5.81. The zero-order chi connectivity index (χ0) is 13.1. The number of hydrogen-bond acceptors (Lipinski definition) is 4. The van der Waals surface area contributed by atoms with Crippen LogP contribution in [0.3, 0.4) is 0 Å². The maximum Gasteiger partial charge on any atom is 0.122 e. The van der Waals surface area contributed by atoms with Crippen molar-refractivity contribution in [2.75, 3.05) is 6.61 Å². The third-order valence-electron chi connectivity index (χ3n) is 2.62. The monoisotopic (exact) mass is 256 g/mol. The van der Waals surface area contributed by atoms with E-state index in [4.69, 9.17) is 15.5 Å². The van der Waals surface area contributed by atoms with Crippen molar-refractivity contribution < 1.29 is 4.74 Å². The first-order chi connectivity index (χ1) is 7.93. The molecule has 0 aliphatic carbocycles. The Morgan fingerprint density at radius 2 is 2.00 bits per heavy atom. The quantitative estimate of drug-likeness (QED) is 0.878. The smallest absolute Gasteiger partial charge is 0.122 e. The molecule has 2 N–H and O–H groups in total. The fourth-order valence-corrected chi connectivity index (χ4v) is 3.08. The Hall–Kier alpha value is -0.450. The van der Waals surface area contributed by atoms with Gasteiger partial charge in [-0.1, -0.05) is 27.7 Å². The second kappa shape index (κ2) is 5.94. The van der Waals surface area contributed by atoms with Crippen molar-refractivity contribution in [3.63, 3.8) is 0 Å². The van der Waals surface area contributed by atoms with Gasteiger partial charge in [-0.2, -0.15) is 0 Å². The number of rotatable bonds is 5. The van der Waals surface area contributed by atoms with Gasteiger partial charge in [0.15, 0.2) is 0 Å². The standard InChI is InChI=1S/C13H24N2OS/c1-6-9(16-7-2)12-15-11(13(3,4)5)10(8-14)17-12/h9H,6-8,14H2,1-5H3. The van der Waals surface area contributed by atoms with Gasteiger partial charge in [0.05, 0.1) is 5.69 Å². The summed E-state index contributed by atoms with van der Waals surface area (Å²) in [5.74, 6) is 0. The van der Waals surface area contributed by atoms with E-state index in [0.29, 0.717) is 6.54 Å². The average Bonchev–Trinajstić information content (AvgIpc) is 2.69. The van der Waals surface area contributed by atoms with Gasteiger partial charge in [-0.15, -0.1) is 11.3 Å². The molecule has 4 heteroatoms. The van der Waals surface area contributed by atoms with E-state index in [1.54, 1.807) is 11.3 Å². The van der Waals surface area contributed by atoms with Gasteiger partial charge in [0, 0.05) is 23.4 Å². The molecule has 0 aliphatic heterocycles. The lowest BCUT2D eigenvalue weighted by atomic mass is 9.91. The molecule has 0 spiro atoms. The second-order valence-electron chi connectivity index (χ2n) is 5.13. The highest BCUT2D eigenvalue weighted by molar-refractivity contribution is 7.11. The van der Waals surface area contributed by atoms with Crippen LogP contribution in [0.1, 0.15) is 62.7 Å². The Morgan fingerprint density at radius 1 is 1.35 bits per heavy atom. The Bertz CT molecular complexity index is 355. The predicted molar refractivity (Wildman–Crippen MR) is 73.4 cm³/mol. The van der Waals surface area contributed by atoms with Crippen molar-refractivity contribution >= 4 is 11.3 Å². The molecule has 0 saturated carbocycles. The second-order valence-corrected chi connectivity index (χ2v) is 6.25. The molecule has 1 heterocycles. The molecule has 1 rings (SSSR count). The van der Waals surface area contributed by atoms with E-state index in [2.05, 4.69) is 27.7 Å². The molecule has 1 aromatic rings. The van der Waals surface area contributed by atoms with Crippen LogP contribution in [0.2, 0.25) is 0 Å². The molecule has 98 valence electrons. The number of nitrogens with zero attached hydrogens (tertiary/aromatic N) is 1. The lowest BCUT2D eigenvalue weighted by Crippen LogP contribution is -2.15. The zero-order valence-electron chi connectivity index (χ0n) is 11.5. The van der Waals surface area contributed by atoms with Crippen LogP contribution >= 0.6 is 11.3 Å². The molecular formula is C13H24N2OS. The largest absolute Gasteiger partial charge is 0.371 e. The van der Waals surface area contributed by atoms with Crippen LogP contribution in [0.15, 0.2) is 0 Å². The van der Waals surface area contributed by atoms with Crippen LogP contribution in [0.5, 0.6) is 0 Å². The van der Waals surface area contributed by atoms with Gasteiger partial charge in [-0.3, -0.25) is 0 Å². The first-order valence-corrected chi connectivity index (χ1v) is 7.07. The van der Waals surface area contributed by atoms with Crippen LogP contribution in [0.25, 0.3) is 0 Å². The van der Waals surface area contributed by atoms with E-state index >= 15 is 0 Å². The summed E-state index contributed by atoms with van der Waals surface area (Å²) in [6, 6.07) is 0. The lowest BCUT2D eigenvalue weighted by Gasteiger charge is -2.17. The normalized spacial score (nSPS) is 14.0. The zero-order valence-corrected chi connectivity index (χ0v) is 12.4. The fourth-order valence-electron chi connectivity index (χ4n) is 1.80. The first-order valence-electron chi connectivity index (χ1n) is 6.25. The van der Waals surface area contributed by atoms with Crippen LogP contribution in [-0.2, 0) is 16.7 Å². The summed E-state index contributed by atoms with van der Waals surface area (Å²) in [6.07, 6.45) is 1.07. The minimum absolute atomic E-state index is 0.0496. The highest BCUT2D eigenvalue weighted by Crippen LogP contribution is 2.33. The van der Waals surface area contributed by atoms with E-state index in [1.807, 2.05) is 6.92 Å². The number of ether oxygens (including phenoxy) is 1. The lowest BCUT2D eigenvalue weighted by molar-refractivity contribution is 0.0594. The Balaban J connectivity index is 3.07. The number of nitrogens with two attached hydrogens (primary N) is 1. The summed E-state index contributed by atoms with van der Waals surface area (Å²) in [6.45, 7) is 11.9. The molecule has 0 amide bonds. The van der Waals surface area contributed by atoms with Crippen molar-refractivity contribution in [1.29, 1.82) is 0 Å².